The molecule has 0 spiro atoms. The van der Waals surface area contributed by atoms with Crippen molar-refractivity contribution in [2.45, 2.75) is 18.9 Å². The first-order valence-electron chi connectivity index (χ1n) is 6.42. The Labute approximate surface area is 112 Å². The molecule has 2 N–H and O–H groups in total. The van der Waals surface area contributed by atoms with Gasteiger partial charge in [0.2, 0.25) is 0 Å². The number of benzene rings is 2. The Morgan fingerprint density at radius 3 is 2.79 bits per heavy atom. The van der Waals surface area contributed by atoms with Crippen molar-refractivity contribution in [3.05, 3.63) is 53.3 Å². The van der Waals surface area contributed by atoms with Crippen LogP contribution in [0.4, 0.5) is 4.39 Å². The normalized spacial score (nSPS) is 17.3. The van der Waals surface area contributed by atoms with Gasteiger partial charge in [-0.3, -0.25) is 0 Å². The van der Waals surface area contributed by atoms with E-state index < -0.39 is 0 Å². The van der Waals surface area contributed by atoms with E-state index in [0.717, 1.165) is 24.0 Å². The Bertz CT molecular complexity index is 624. The van der Waals surface area contributed by atoms with Gasteiger partial charge >= 0.3 is 0 Å². The molecule has 2 nitrogen and oxygen atoms in total. The van der Waals surface area contributed by atoms with Gasteiger partial charge in [0.1, 0.15) is 11.6 Å². The van der Waals surface area contributed by atoms with Crippen molar-refractivity contribution in [2.75, 3.05) is 7.11 Å². The molecule has 3 heteroatoms. The standard InChI is InChI=1S/C16H16FNO/c1-19-10-5-6-13(15(17)9-10)11-3-2-4-14-12(11)7-8-16(14)18/h2-6,9,16H,7-8,18H2,1H3. The molecule has 0 saturated heterocycles. The SMILES string of the molecule is COc1ccc(-c2cccc3c2CCC3N)c(F)c1. The predicted octanol–water partition coefficient (Wildman–Crippen LogP) is 3.45. The van der Waals surface area contributed by atoms with E-state index in [2.05, 4.69) is 0 Å². The van der Waals surface area contributed by atoms with Crippen molar-refractivity contribution in [2.24, 2.45) is 5.73 Å². The number of fused-ring (bicyclic) bond motifs is 1. The molecule has 0 aliphatic heterocycles. The fraction of sp³-hybridized carbons (Fsp3) is 0.250. The number of halogens is 1. The Kier molecular flexibility index (Phi) is 2.99. The first-order valence-corrected chi connectivity index (χ1v) is 6.42. The number of hydrogen-bond acceptors (Lipinski definition) is 2. The molecule has 0 heterocycles. The summed E-state index contributed by atoms with van der Waals surface area (Å²) in [6.45, 7) is 0. The average molecular weight is 257 g/mol. The largest absolute Gasteiger partial charge is 0.497 e. The first kappa shape index (κ1) is 12.2. The minimum absolute atomic E-state index is 0.0799. The molecule has 2 aromatic rings. The monoisotopic (exact) mass is 257 g/mol. The van der Waals surface area contributed by atoms with Crippen molar-refractivity contribution in [1.82, 2.24) is 0 Å². The van der Waals surface area contributed by atoms with Crippen LogP contribution in [0.3, 0.4) is 0 Å². The van der Waals surface area contributed by atoms with Crippen molar-refractivity contribution in [3.63, 3.8) is 0 Å². The number of ether oxygens (including phenoxy) is 1. The van der Waals surface area contributed by atoms with Crippen molar-refractivity contribution in [3.8, 4) is 16.9 Å². The van der Waals surface area contributed by atoms with Crippen LogP contribution in [0, 0.1) is 5.82 Å². The highest BCUT2D eigenvalue weighted by Crippen LogP contribution is 2.37. The average Bonchev–Trinajstić information content (AvgIpc) is 2.81. The maximum Gasteiger partial charge on any atom is 0.134 e. The summed E-state index contributed by atoms with van der Waals surface area (Å²) in [5.41, 5.74) is 9.96. The summed E-state index contributed by atoms with van der Waals surface area (Å²) in [5, 5.41) is 0. The lowest BCUT2D eigenvalue weighted by Crippen LogP contribution is -2.05. The van der Waals surface area contributed by atoms with Crippen LogP contribution in [0.25, 0.3) is 11.1 Å². The zero-order chi connectivity index (χ0) is 13.4. The third kappa shape index (κ3) is 2.00. The fourth-order valence-corrected chi connectivity index (χ4v) is 2.78. The van der Waals surface area contributed by atoms with Gasteiger partial charge in [-0.2, -0.15) is 0 Å². The predicted molar refractivity (Wildman–Crippen MR) is 73.6 cm³/mol. The van der Waals surface area contributed by atoms with Gasteiger partial charge in [0.15, 0.2) is 0 Å². The number of rotatable bonds is 2. The highest BCUT2D eigenvalue weighted by atomic mass is 19.1. The Hall–Kier alpha value is -1.87. The number of nitrogens with two attached hydrogens (primary N) is 1. The van der Waals surface area contributed by atoms with Crippen LogP contribution >= 0.6 is 0 Å². The van der Waals surface area contributed by atoms with Crippen LogP contribution in [-0.2, 0) is 6.42 Å². The Morgan fingerprint density at radius 1 is 1.21 bits per heavy atom. The highest BCUT2D eigenvalue weighted by Gasteiger charge is 2.22. The number of methoxy groups -OCH3 is 1. The van der Waals surface area contributed by atoms with Gasteiger partial charge in [0.05, 0.1) is 7.11 Å². The zero-order valence-electron chi connectivity index (χ0n) is 10.8. The molecule has 0 aromatic heterocycles. The molecule has 1 aliphatic carbocycles. The van der Waals surface area contributed by atoms with Gasteiger partial charge < -0.3 is 10.5 Å². The summed E-state index contributed by atoms with van der Waals surface area (Å²) in [6.07, 6.45) is 1.85. The van der Waals surface area contributed by atoms with Crippen LogP contribution in [0.1, 0.15) is 23.6 Å². The molecule has 2 aromatic carbocycles. The second kappa shape index (κ2) is 4.67. The van der Waals surface area contributed by atoms with Gasteiger partial charge in [0, 0.05) is 17.7 Å². The molecule has 3 rings (SSSR count). The second-order valence-electron chi connectivity index (χ2n) is 4.86. The minimum atomic E-state index is -0.256. The summed E-state index contributed by atoms with van der Waals surface area (Å²) in [7, 11) is 1.54. The molecule has 1 atom stereocenters. The smallest absolute Gasteiger partial charge is 0.134 e. The van der Waals surface area contributed by atoms with E-state index in [1.807, 2.05) is 18.2 Å². The zero-order valence-corrected chi connectivity index (χ0v) is 10.8. The molecular formula is C16H16FNO. The van der Waals surface area contributed by atoms with Crippen LogP contribution in [0.5, 0.6) is 5.75 Å². The fourth-order valence-electron chi connectivity index (χ4n) is 2.78. The van der Waals surface area contributed by atoms with E-state index >= 15 is 0 Å². The van der Waals surface area contributed by atoms with E-state index in [0.29, 0.717) is 11.3 Å². The van der Waals surface area contributed by atoms with E-state index in [9.17, 15) is 4.39 Å². The lowest BCUT2D eigenvalue weighted by molar-refractivity contribution is 0.411. The lowest BCUT2D eigenvalue weighted by atomic mass is 9.96. The molecule has 0 bridgehead atoms. The molecule has 0 fully saturated rings. The molecule has 0 radical (unpaired) electrons. The minimum Gasteiger partial charge on any atom is -0.497 e. The van der Waals surface area contributed by atoms with E-state index in [4.69, 9.17) is 10.5 Å². The van der Waals surface area contributed by atoms with E-state index in [1.54, 1.807) is 12.1 Å². The third-order valence-electron chi connectivity index (χ3n) is 3.78. The van der Waals surface area contributed by atoms with Crippen LogP contribution < -0.4 is 10.5 Å². The molecule has 19 heavy (non-hydrogen) atoms. The maximum atomic E-state index is 14.2. The lowest BCUT2D eigenvalue weighted by Gasteiger charge is -2.11. The number of hydrogen-bond donors (Lipinski definition) is 1. The molecule has 0 amide bonds. The van der Waals surface area contributed by atoms with E-state index in [1.165, 1.54) is 18.7 Å². The van der Waals surface area contributed by atoms with E-state index in [-0.39, 0.29) is 11.9 Å². The summed E-state index contributed by atoms with van der Waals surface area (Å²) in [4.78, 5) is 0. The van der Waals surface area contributed by atoms with Crippen molar-refractivity contribution >= 4 is 0 Å². The molecule has 0 saturated carbocycles. The molecular weight excluding hydrogens is 241 g/mol. The topological polar surface area (TPSA) is 35.2 Å². The van der Waals surface area contributed by atoms with Crippen LogP contribution in [0.2, 0.25) is 0 Å². The third-order valence-corrected chi connectivity index (χ3v) is 3.78. The molecule has 1 aliphatic rings. The van der Waals surface area contributed by atoms with Crippen molar-refractivity contribution in [1.29, 1.82) is 0 Å². The quantitative estimate of drug-likeness (QED) is 0.894. The van der Waals surface area contributed by atoms with Crippen LogP contribution in [0.15, 0.2) is 36.4 Å². The van der Waals surface area contributed by atoms with Gasteiger partial charge in [-0.1, -0.05) is 18.2 Å². The summed E-state index contributed by atoms with van der Waals surface area (Å²) >= 11 is 0. The molecule has 1 unspecified atom stereocenters. The summed E-state index contributed by atoms with van der Waals surface area (Å²) in [5.74, 6) is 0.277. The van der Waals surface area contributed by atoms with Gasteiger partial charge in [-0.15, -0.1) is 0 Å². The first-order chi connectivity index (χ1) is 9.20. The summed E-state index contributed by atoms with van der Waals surface area (Å²) < 4.78 is 19.2. The van der Waals surface area contributed by atoms with Gasteiger partial charge in [0.25, 0.3) is 0 Å². The molecule has 98 valence electrons. The second-order valence-corrected chi connectivity index (χ2v) is 4.86. The maximum absolute atomic E-state index is 14.2. The van der Waals surface area contributed by atoms with Crippen molar-refractivity contribution < 1.29 is 9.13 Å². The highest BCUT2D eigenvalue weighted by molar-refractivity contribution is 5.71. The van der Waals surface area contributed by atoms with Crippen LogP contribution in [-0.4, -0.2) is 7.11 Å². The Morgan fingerprint density at radius 2 is 2.05 bits per heavy atom. The van der Waals surface area contributed by atoms with Gasteiger partial charge in [-0.05, 0) is 41.7 Å². The van der Waals surface area contributed by atoms with Gasteiger partial charge in [-0.25, -0.2) is 4.39 Å². The summed E-state index contributed by atoms with van der Waals surface area (Å²) in [6, 6.07) is 11.0. The Balaban J connectivity index is 2.13.